The van der Waals surface area contributed by atoms with Crippen molar-refractivity contribution in [2.45, 2.75) is 26.8 Å². The average molecular weight is 507 g/mol. The molecule has 3 rings (SSSR count). The number of nitrogens with one attached hydrogen (secondary N) is 2. The van der Waals surface area contributed by atoms with Gasteiger partial charge >= 0.3 is 0 Å². The van der Waals surface area contributed by atoms with Gasteiger partial charge in [-0.2, -0.15) is 0 Å². The molecule has 0 spiro atoms. The molecule has 1 aliphatic heterocycles. The van der Waals surface area contributed by atoms with E-state index in [9.17, 15) is 17.2 Å². The van der Waals surface area contributed by atoms with E-state index in [-0.39, 0.29) is 41.4 Å². The summed E-state index contributed by atoms with van der Waals surface area (Å²) in [7, 11) is -3.32. The molecule has 9 nitrogen and oxygen atoms in total. The summed E-state index contributed by atoms with van der Waals surface area (Å²) in [4.78, 5) is 14.0. The lowest BCUT2D eigenvalue weighted by Gasteiger charge is -2.34. The SMILES string of the molecule is C=N/C(=C\C=C(/C)CNS(C)(=O)=O)Nc1ncc(F)c(-c2cc(F)c3c(c2)N(C(C)C)CCO3)n1. The van der Waals surface area contributed by atoms with Crippen LogP contribution in [0.4, 0.5) is 20.4 Å². The highest BCUT2D eigenvalue weighted by molar-refractivity contribution is 7.88. The third-order valence-corrected chi connectivity index (χ3v) is 5.77. The van der Waals surface area contributed by atoms with Gasteiger partial charge in [-0.25, -0.2) is 36.9 Å². The Morgan fingerprint density at radius 2 is 2.06 bits per heavy atom. The molecule has 0 aliphatic carbocycles. The van der Waals surface area contributed by atoms with Crippen molar-refractivity contribution in [1.82, 2.24) is 14.7 Å². The lowest BCUT2D eigenvalue weighted by molar-refractivity contribution is 0.287. The van der Waals surface area contributed by atoms with E-state index >= 15 is 0 Å². The number of aliphatic imine (C=N–C) groups is 1. The summed E-state index contributed by atoms with van der Waals surface area (Å²) in [5.41, 5.74) is 1.39. The van der Waals surface area contributed by atoms with E-state index in [1.54, 1.807) is 25.1 Å². The van der Waals surface area contributed by atoms with Crippen LogP contribution in [0.2, 0.25) is 0 Å². The van der Waals surface area contributed by atoms with Crippen LogP contribution < -0.4 is 19.7 Å². The first-order valence-corrected chi connectivity index (χ1v) is 12.7. The first-order chi connectivity index (χ1) is 16.5. The maximum atomic E-state index is 14.8. The van der Waals surface area contributed by atoms with Gasteiger partial charge in [0.15, 0.2) is 17.4 Å². The molecule has 1 aromatic heterocycles. The number of halogens is 2. The molecule has 0 saturated carbocycles. The van der Waals surface area contributed by atoms with Crippen LogP contribution in [-0.2, 0) is 10.0 Å². The van der Waals surface area contributed by atoms with Crippen LogP contribution in [0.5, 0.6) is 5.75 Å². The number of allylic oxidation sites excluding steroid dienone is 2. The van der Waals surface area contributed by atoms with Gasteiger partial charge in [-0.15, -0.1) is 0 Å². The highest BCUT2D eigenvalue weighted by atomic mass is 32.2. The number of ether oxygens (including phenoxy) is 1. The zero-order chi connectivity index (χ0) is 25.8. The van der Waals surface area contributed by atoms with Gasteiger partial charge in [-0.1, -0.05) is 11.6 Å². The number of aromatic nitrogens is 2. The second-order valence-electron chi connectivity index (χ2n) is 8.27. The normalized spacial score (nSPS) is 14.5. The van der Waals surface area contributed by atoms with Crippen molar-refractivity contribution in [3.63, 3.8) is 0 Å². The number of hydrogen-bond acceptors (Lipinski definition) is 8. The van der Waals surface area contributed by atoms with Gasteiger partial charge in [0.25, 0.3) is 0 Å². The Balaban J connectivity index is 1.90. The summed E-state index contributed by atoms with van der Waals surface area (Å²) in [6.07, 6.45) is 5.24. The van der Waals surface area contributed by atoms with E-state index in [0.717, 1.165) is 12.5 Å². The number of benzene rings is 1. The summed E-state index contributed by atoms with van der Waals surface area (Å²) in [6, 6.07) is 2.92. The number of hydrogen-bond donors (Lipinski definition) is 2. The molecular formula is C23H28F2N6O3S. The Bertz CT molecular complexity index is 1280. The fourth-order valence-electron chi connectivity index (χ4n) is 3.38. The smallest absolute Gasteiger partial charge is 0.229 e. The Hall–Kier alpha value is -3.38. The van der Waals surface area contributed by atoms with Crippen molar-refractivity contribution < 1.29 is 21.9 Å². The number of fused-ring (bicyclic) bond motifs is 1. The van der Waals surface area contributed by atoms with Crippen molar-refractivity contribution >= 4 is 28.4 Å². The molecule has 0 atom stereocenters. The zero-order valence-electron chi connectivity index (χ0n) is 20.0. The first kappa shape index (κ1) is 26.2. The molecule has 0 amide bonds. The van der Waals surface area contributed by atoms with E-state index < -0.39 is 21.7 Å². The van der Waals surface area contributed by atoms with E-state index in [0.29, 0.717) is 24.4 Å². The summed E-state index contributed by atoms with van der Waals surface area (Å²) >= 11 is 0. The Morgan fingerprint density at radius 3 is 2.71 bits per heavy atom. The molecule has 2 heterocycles. The minimum absolute atomic E-state index is 0.0236. The molecule has 12 heteroatoms. The predicted molar refractivity (Wildman–Crippen MR) is 133 cm³/mol. The van der Waals surface area contributed by atoms with Crippen LogP contribution in [-0.4, -0.2) is 57.1 Å². The molecule has 0 bridgehead atoms. The van der Waals surface area contributed by atoms with Crippen LogP contribution in [0.25, 0.3) is 11.3 Å². The maximum Gasteiger partial charge on any atom is 0.229 e. The van der Waals surface area contributed by atoms with E-state index in [1.807, 2.05) is 18.7 Å². The lowest BCUT2D eigenvalue weighted by atomic mass is 10.1. The molecule has 0 radical (unpaired) electrons. The van der Waals surface area contributed by atoms with Gasteiger partial charge in [0.05, 0.1) is 24.7 Å². The minimum Gasteiger partial charge on any atom is -0.486 e. The fourth-order valence-corrected chi connectivity index (χ4v) is 3.87. The highest BCUT2D eigenvalue weighted by Gasteiger charge is 2.25. The molecule has 0 fully saturated rings. The molecule has 2 aromatic rings. The van der Waals surface area contributed by atoms with Gasteiger partial charge in [-0.05, 0) is 45.7 Å². The van der Waals surface area contributed by atoms with Crippen molar-refractivity contribution in [1.29, 1.82) is 0 Å². The van der Waals surface area contributed by atoms with Crippen molar-refractivity contribution in [3.05, 3.63) is 53.5 Å². The fraction of sp³-hybridized carbons (Fsp3) is 0.348. The highest BCUT2D eigenvalue weighted by Crippen LogP contribution is 2.39. The average Bonchev–Trinajstić information content (AvgIpc) is 2.80. The quantitative estimate of drug-likeness (QED) is 0.396. The molecule has 1 aromatic carbocycles. The maximum absolute atomic E-state index is 14.8. The molecule has 35 heavy (non-hydrogen) atoms. The molecular weight excluding hydrogens is 478 g/mol. The third-order valence-electron chi connectivity index (χ3n) is 5.10. The zero-order valence-corrected chi connectivity index (χ0v) is 20.8. The number of anilines is 2. The second kappa shape index (κ2) is 10.9. The van der Waals surface area contributed by atoms with E-state index in [4.69, 9.17) is 4.74 Å². The Morgan fingerprint density at radius 1 is 1.31 bits per heavy atom. The van der Waals surface area contributed by atoms with Gasteiger partial charge < -0.3 is 15.0 Å². The van der Waals surface area contributed by atoms with Crippen LogP contribution in [0.3, 0.4) is 0 Å². The van der Waals surface area contributed by atoms with Crippen LogP contribution >= 0.6 is 0 Å². The standard InChI is InChI=1S/C23H28F2N6O3S/c1-14(2)31-8-9-34-22-17(24)10-16(11-19(22)31)21-18(25)13-27-23(30-21)29-20(26-4)7-6-15(3)12-28-35(5,32)33/h6-7,10-11,13-14,28H,4,8-9,12H2,1-3,5H3,(H,27,29,30)/b15-6+,20-7+. The molecule has 0 unspecified atom stereocenters. The van der Waals surface area contributed by atoms with Gasteiger partial charge in [0.1, 0.15) is 18.1 Å². The first-order valence-electron chi connectivity index (χ1n) is 10.8. The van der Waals surface area contributed by atoms with Gasteiger partial charge in [0, 0.05) is 18.2 Å². The third kappa shape index (κ3) is 6.83. The summed E-state index contributed by atoms with van der Waals surface area (Å²) in [5.74, 6) is -0.919. The molecule has 2 N–H and O–H groups in total. The van der Waals surface area contributed by atoms with Crippen molar-refractivity contribution in [3.8, 4) is 17.0 Å². The second-order valence-corrected chi connectivity index (χ2v) is 10.1. The number of nitrogens with zero attached hydrogens (tertiary/aromatic N) is 4. The van der Waals surface area contributed by atoms with E-state index in [2.05, 4.69) is 31.7 Å². The van der Waals surface area contributed by atoms with Crippen LogP contribution in [0.15, 0.2) is 46.9 Å². The largest absolute Gasteiger partial charge is 0.486 e. The summed E-state index contributed by atoms with van der Waals surface area (Å²) in [6.45, 7) is 10.2. The Labute approximate surface area is 203 Å². The van der Waals surface area contributed by atoms with Gasteiger partial charge in [-0.3, -0.25) is 0 Å². The molecule has 0 saturated heterocycles. The predicted octanol–water partition coefficient (Wildman–Crippen LogP) is 3.48. The summed E-state index contributed by atoms with van der Waals surface area (Å²) < 4.78 is 59.9. The topological polar surface area (TPSA) is 109 Å². The van der Waals surface area contributed by atoms with E-state index in [1.165, 1.54) is 6.07 Å². The molecule has 1 aliphatic rings. The van der Waals surface area contributed by atoms with Crippen molar-refractivity contribution in [2.24, 2.45) is 4.99 Å². The monoisotopic (exact) mass is 506 g/mol. The lowest BCUT2D eigenvalue weighted by Crippen LogP contribution is -2.38. The minimum atomic E-state index is -3.32. The van der Waals surface area contributed by atoms with Crippen LogP contribution in [0.1, 0.15) is 20.8 Å². The number of rotatable bonds is 9. The Kier molecular flexibility index (Phi) is 8.18. The van der Waals surface area contributed by atoms with Gasteiger partial charge in [0.2, 0.25) is 16.0 Å². The summed E-state index contributed by atoms with van der Waals surface area (Å²) in [5, 5.41) is 2.83. The van der Waals surface area contributed by atoms with Crippen LogP contribution in [0, 0.1) is 11.6 Å². The molecule has 188 valence electrons. The van der Waals surface area contributed by atoms with Crippen molar-refractivity contribution in [2.75, 3.05) is 36.2 Å². The number of sulfonamides is 1.